The first-order chi connectivity index (χ1) is 7.97. The average molecular weight is 247 g/mol. The normalized spacial score (nSPS) is 11.8. The molecule has 5 N–H and O–H groups in total. The molecular formula is C9H17N3O5. The molecule has 0 spiro atoms. The summed E-state index contributed by atoms with van der Waals surface area (Å²) in [7, 11) is 1.52. The SMILES string of the molecule is COCCNCC(=O)N[C@H](CC(N)=O)C(=O)O. The predicted molar refractivity (Wildman–Crippen MR) is 58.1 cm³/mol. The molecule has 98 valence electrons. The fraction of sp³-hybridized carbons (Fsp3) is 0.667. The molecule has 0 aliphatic rings. The van der Waals surface area contributed by atoms with Crippen molar-refractivity contribution in [3.05, 3.63) is 0 Å². The standard InChI is InChI=1S/C9H17N3O5/c1-17-3-2-11-5-8(14)12-6(9(15)16)4-7(10)13/h6,11H,2-5H2,1H3,(H2,10,13)(H,12,14)(H,15,16)/t6-/m1/s1. The van der Waals surface area contributed by atoms with Crippen LogP contribution in [-0.4, -0.2) is 55.7 Å². The first-order valence-corrected chi connectivity index (χ1v) is 4.97. The van der Waals surface area contributed by atoms with Crippen LogP contribution in [0.3, 0.4) is 0 Å². The summed E-state index contributed by atoms with van der Waals surface area (Å²) in [4.78, 5) is 32.5. The van der Waals surface area contributed by atoms with Crippen LogP contribution in [0.5, 0.6) is 0 Å². The number of nitrogens with two attached hydrogens (primary N) is 1. The predicted octanol–water partition coefficient (Wildman–Crippen LogP) is -2.33. The highest BCUT2D eigenvalue weighted by Gasteiger charge is 2.21. The maximum atomic E-state index is 11.3. The smallest absolute Gasteiger partial charge is 0.326 e. The van der Waals surface area contributed by atoms with Gasteiger partial charge in [-0.1, -0.05) is 0 Å². The van der Waals surface area contributed by atoms with Crippen molar-refractivity contribution in [1.82, 2.24) is 10.6 Å². The fourth-order valence-corrected chi connectivity index (χ4v) is 1.02. The Hall–Kier alpha value is -1.67. The Morgan fingerprint density at radius 3 is 2.53 bits per heavy atom. The van der Waals surface area contributed by atoms with Gasteiger partial charge in [0.05, 0.1) is 19.6 Å². The van der Waals surface area contributed by atoms with Gasteiger partial charge in [-0.15, -0.1) is 0 Å². The highest BCUT2D eigenvalue weighted by atomic mass is 16.5. The summed E-state index contributed by atoms with van der Waals surface area (Å²) in [5, 5.41) is 13.6. The number of primary amides is 1. The van der Waals surface area contributed by atoms with Crippen molar-refractivity contribution in [3.8, 4) is 0 Å². The van der Waals surface area contributed by atoms with Crippen LogP contribution in [0.15, 0.2) is 0 Å². The number of ether oxygens (including phenoxy) is 1. The molecule has 0 aliphatic carbocycles. The van der Waals surface area contributed by atoms with E-state index in [2.05, 4.69) is 10.6 Å². The van der Waals surface area contributed by atoms with Gasteiger partial charge in [0.25, 0.3) is 0 Å². The van der Waals surface area contributed by atoms with Gasteiger partial charge in [0.2, 0.25) is 11.8 Å². The molecule has 0 saturated carbocycles. The summed E-state index contributed by atoms with van der Waals surface area (Å²) in [5.41, 5.74) is 4.86. The Labute approximate surface area is 98.5 Å². The number of aliphatic carboxylic acids is 1. The lowest BCUT2D eigenvalue weighted by molar-refractivity contribution is -0.143. The van der Waals surface area contributed by atoms with Crippen LogP contribution in [0.4, 0.5) is 0 Å². The van der Waals surface area contributed by atoms with E-state index in [0.717, 1.165) is 0 Å². The number of carboxylic acid groups (broad SMARTS) is 1. The molecule has 8 nitrogen and oxygen atoms in total. The number of nitrogens with one attached hydrogen (secondary N) is 2. The van der Waals surface area contributed by atoms with E-state index < -0.39 is 30.2 Å². The number of rotatable bonds is 9. The molecule has 0 unspecified atom stereocenters. The lowest BCUT2D eigenvalue weighted by atomic mass is 10.2. The van der Waals surface area contributed by atoms with E-state index in [1.54, 1.807) is 0 Å². The fourth-order valence-electron chi connectivity index (χ4n) is 1.02. The highest BCUT2D eigenvalue weighted by molar-refractivity contribution is 5.88. The van der Waals surface area contributed by atoms with Crippen molar-refractivity contribution in [3.63, 3.8) is 0 Å². The topological polar surface area (TPSA) is 131 Å². The first kappa shape index (κ1) is 15.3. The zero-order chi connectivity index (χ0) is 13.3. The van der Waals surface area contributed by atoms with Gasteiger partial charge in [0.15, 0.2) is 0 Å². The van der Waals surface area contributed by atoms with Crippen LogP contribution in [0.1, 0.15) is 6.42 Å². The van der Waals surface area contributed by atoms with Gasteiger partial charge >= 0.3 is 5.97 Å². The Morgan fingerprint density at radius 1 is 1.41 bits per heavy atom. The van der Waals surface area contributed by atoms with E-state index >= 15 is 0 Å². The Morgan fingerprint density at radius 2 is 2.06 bits per heavy atom. The maximum Gasteiger partial charge on any atom is 0.326 e. The molecule has 0 rings (SSSR count). The van der Waals surface area contributed by atoms with E-state index in [1.807, 2.05) is 0 Å². The van der Waals surface area contributed by atoms with Crippen LogP contribution in [-0.2, 0) is 19.1 Å². The lowest BCUT2D eigenvalue weighted by Crippen LogP contribution is -2.46. The maximum absolute atomic E-state index is 11.3. The Kier molecular flexibility index (Phi) is 7.65. The largest absolute Gasteiger partial charge is 0.480 e. The molecule has 1 atom stereocenters. The molecule has 0 fully saturated rings. The van der Waals surface area contributed by atoms with Crippen molar-refractivity contribution in [1.29, 1.82) is 0 Å². The zero-order valence-electron chi connectivity index (χ0n) is 9.56. The Bertz CT molecular complexity index is 282. The first-order valence-electron chi connectivity index (χ1n) is 4.97. The molecule has 0 aliphatic heterocycles. The minimum atomic E-state index is -1.30. The molecular weight excluding hydrogens is 230 g/mol. The van der Waals surface area contributed by atoms with Crippen LogP contribution in [0.2, 0.25) is 0 Å². The summed E-state index contributed by atoms with van der Waals surface area (Å²) in [6.07, 6.45) is -0.431. The monoisotopic (exact) mass is 247 g/mol. The summed E-state index contributed by atoms with van der Waals surface area (Å²) in [6, 6.07) is -1.29. The molecule has 2 amide bonds. The number of carbonyl (C=O) groups is 3. The quantitative estimate of drug-likeness (QED) is 0.338. The second kappa shape index (κ2) is 8.48. The molecule has 0 aromatic heterocycles. The number of hydrogen-bond donors (Lipinski definition) is 4. The van der Waals surface area contributed by atoms with Crippen LogP contribution < -0.4 is 16.4 Å². The Balaban J connectivity index is 3.96. The second-order valence-corrected chi connectivity index (χ2v) is 3.30. The number of methoxy groups -OCH3 is 1. The van der Waals surface area contributed by atoms with Crippen molar-refractivity contribution >= 4 is 17.8 Å². The van der Waals surface area contributed by atoms with Gasteiger partial charge in [0.1, 0.15) is 6.04 Å². The molecule has 0 saturated heterocycles. The van der Waals surface area contributed by atoms with Crippen LogP contribution >= 0.6 is 0 Å². The van der Waals surface area contributed by atoms with Crippen LogP contribution in [0, 0.1) is 0 Å². The van der Waals surface area contributed by atoms with Gasteiger partial charge in [0, 0.05) is 13.7 Å². The zero-order valence-corrected chi connectivity index (χ0v) is 9.56. The van der Waals surface area contributed by atoms with E-state index in [-0.39, 0.29) is 6.54 Å². The lowest BCUT2D eigenvalue weighted by Gasteiger charge is -2.12. The van der Waals surface area contributed by atoms with Gasteiger partial charge in [-0.25, -0.2) is 4.79 Å². The summed E-state index contributed by atoms with van der Waals surface area (Å²) < 4.78 is 4.75. The summed E-state index contributed by atoms with van der Waals surface area (Å²) in [6.45, 7) is 0.861. The van der Waals surface area contributed by atoms with Crippen molar-refractivity contribution in [2.24, 2.45) is 5.73 Å². The minimum absolute atomic E-state index is 0.0497. The van der Waals surface area contributed by atoms with Gasteiger partial charge < -0.3 is 26.2 Å². The molecule has 0 aromatic rings. The van der Waals surface area contributed by atoms with Crippen LogP contribution in [0.25, 0.3) is 0 Å². The third-order valence-electron chi connectivity index (χ3n) is 1.81. The van der Waals surface area contributed by atoms with Gasteiger partial charge in [-0.2, -0.15) is 0 Å². The van der Waals surface area contributed by atoms with E-state index in [1.165, 1.54) is 7.11 Å². The molecule has 0 bridgehead atoms. The van der Waals surface area contributed by atoms with E-state index in [9.17, 15) is 14.4 Å². The third kappa shape index (κ3) is 8.17. The van der Waals surface area contributed by atoms with Crippen molar-refractivity contribution in [2.75, 3.05) is 26.8 Å². The molecule has 0 heterocycles. The summed E-state index contributed by atoms with van der Waals surface area (Å²) >= 11 is 0. The highest BCUT2D eigenvalue weighted by Crippen LogP contribution is 1.91. The average Bonchev–Trinajstić information content (AvgIpc) is 2.22. The number of carbonyl (C=O) groups excluding carboxylic acids is 2. The molecule has 0 aromatic carbocycles. The number of amides is 2. The third-order valence-corrected chi connectivity index (χ3v) is 1.81. The van der Waals surface area contributed by atoms with E-state index in [4.69, 9.17) is 15.6 Å². The number of carboxylic acids is 1. The van der Waals surface area contributed by atoms with Crippen molar-refractivity contribution < 1.29 is 24.2 Å². The minimum Gasteiger partial charge on any atom is -0.480 e. The van der Waals surface area contributed by atoms with Gasteiger partial charge in [-0.3, -0.25) is 9.59 Å². The molecule has 0 radical (unpaired) electrons. The second-order valence-electron chi connectivity index (χ2n) is 3.30. The van der Waals surface area contributed by atoms with Gasteiger partial charge in [-0.05, 0) is 0 Å². The molecule has 17 heavy (non-hydrogen) atoms. The van der Waals surface area contributed by atoms with E-state index in [0.29, 0.717) is 13.2 Å². The van der Waals surface area contributed by atoms with Crippen molar-refractivity contribution in [2.45, 2.75) is 12.5 Å². The number of hydrogen-bond acceptors (Lipinski definition) is 5. The molecule has 8 heteroatoms. The summed E-state index contributed by atoms with van der Waals surface area (Å²) in [5.74, 6) is -2.60.